The van der Waals surface area contributed by atoms with Gasteiger partial charge in [-0.1, -0.05) is 25.1 Å². The molecule has 3 heteroatoms. The number of hydrogen-bond acceptors (Lipinski definition) is 3. The summed E-state index contributed by atoms with van der Waals surface area (Å²) in [4.78, 5) is 4.92. The Bertz CT molecular complexity index is 435. The molecule has 1 aliphatic heterocycles. The highest BCUT2D eigenvalue weighted by atomic mass is 15.3. The van der Waals surface area contributed by atoms with Crippen molar-refractivity contribution in [1.82, 2.24) is 9.80 Å². The van der Waals surface area contributed by atoms with Gasteiger partial charge in [-0.3, -0.25) is 4.90 Å². The van der Waals surface area contributed by atoms with Crippen LogP contribution in [0.2, 0.25) is 0 Å². The van der Waals surface area contributed by atoms with Gasteiger partial charge in [-0.15, -0.1) is 0 Å². The fourth-order valence-corrected chi connectivity index (χ4v) is 3.72. The molecule has 1 saturated heterocycles. The molecule has 1 aromatic carbocycles. The van der Waals surface area contributed by atoms with Gasteiger partial charge in [0.25, 0.3) is 0 Å². The smallest absolute Gasteiger partial charge is 0.0476 e. The van der Waals surface area contributed by atoms with Crippen molar-refractivity contribution in [3.8, 4) is 0 Å². The number of benzene rings is 1. The van der Waals surface area contributed by atoms with Crippen LogP contribution in [0.15, 0.2) is 18.2 Å². The number of likely N-dealkylation sites (N-methyl/N-ethyl adjacent to an activating group) is 1. The lowest BCUT2D eigenvalue weighted by Crippen LogP contribution is -2.37. The number of nitrogens with zero attached hydrogens (tertiary/aromatic N) is 2. The summed E-state index contributed by atoms with van der Waals surface area (Å²) in [6.07, 6.45) is 0. The molecule has 1 aliphatic rings. The van der Waals surface area contributed by atoms with Crippen molar-refractivity contribution in [2.75, 3.05) is 33.7 Å². The molecule has 0 spiro atoms. The van der Waals surface area contributed by atoms with Gasteiger partial charge < -0.3 is 10.6 Å². The highest BCUT2D eigenvalue weighted by Crippen LogP contribution is 2.32. The summed E-state index contributed by atoms with van der Waals surface area (Å²) in [5.41, 5.74) is 10.3. The maximum atomic E-state index is 6.13. The average Bonchev–Trinajstić information content (AvgIpc) is 2.76. The molecule has 0 bridgehead atoms. The zero-order valence-corrected chi connectivity index (χ0v) is 13.6. The van der Waals surface area contributed by atoms with Crippen molar-refractivity contribution in [2.45, 2.75) is 32.9 Å². The van der Waals surface area contributed by atoms with E-state index in [4.69, 9.17) is 5.73 Å². The van der Waals surface area contributed by atoms with Gasteiger partial charge in [-0.25, -0.2) is 0 Å². The highest BCUT2D eigenvalue weighted by molar-refractivity contribution is 5.36. The van der Waals surface area contributed by atoms with Gasteiger partial charge in [0.1, 0.15) is 0 Å². The molecular weight excluding hydrogens is 246 g/mol. The summed E-state index contributed by atoms with van der Waals surface area (Å²) in [7, 11) is 4.36. The van der Waals surface area contributed by atoms with E-state index in [1.165, 1.54) is 16.7 Å². The molecule has 0 saturated carbocycles. The third-order valence-electron chi connectivity index (χ3n) is 4.80. The van der Waals surface area contributed by atoms with Crippen LogP contribution in [0, 0.1) is 19.8 Å². The predicted octanol–water partition coefficient (Wildman–Crippen LogP) is 2.19. The van der Waals surface area contributed by atoms with E-state index in [1.807, 2.05) is 0 Å². The van der Waals surface area contributed by atoms with Crippen LogP contribution in [0.4, 0.5) is 0 Å². The van der Waals surface area contributed by atoms with E-state index in [9.17, 15) is 0 Å². The molecule has 1 aromatic rings. The summed E-state index contributed by atoms with van der Waals surface area (Å²) < 4.78 is 0. The summed E-state index contributed by atoms with van der Waals surface area (Å²) in [5, 5.41) is 0. The highest BCUT2D eigenvalue weighted by Gasteiger charge is 2.35. The quantitative estimate of drug-likeness (QED) is 0.914. The van der Waals surface area contributed by atoms with Crippen LogP contribution in [-0.4, -0.2) is 49.6 Å². The van der Waals surface area contributed by atoms with Gasteiger partial charge in [0.2, 0.25) is 0 Å². The van der Waals surface area contributed by atoms with Gasteiger partial charge in [0, 0.05) is 31.7 Å². The van der Waals surface area contributed by atoms with E-state index >= 15 is 0 Å². The fraction of sp³-hybridized carbons (Fsp3) is 0.647. The molecule has 1 fully saturated rings. The molecule has 2 rings (SSSR count). The minimum absolute atomic E-state index is 0.351. The Labute approximate surface area is 123 Å². The number of likely N-dealkylation sites (tertiary alicyclic amines) is 1. The first-order valence-corrected chi connectivity index (χ1v) is 7.62. The Balaban J connectivity index is 2.26. The van der Waals surface area contributed by atoms with E-state index in [0.29, 0.717) is 24.5 Å². The van der Waals surface area contributed by atoms with Crippen molar-refractivity contribution in [3.63, 3.8) is 0 Å². The largest absolute Gasteiger partial charge is 0.329 e. The Kier molecular flexibility index (Phi) is 4.84. The maximum Gasteiger partial charge on any atom is 0.0476 e. The van der Waals surface area contributed by atoms with Crippen molar-refractivity contribution >= 4 is 0 Å². The maximum absolute atomic E-state index is 6.13. The number of aryl methyl sites for hydroxylation is 2. The number of hydrogen-bond donors (Lipinski definition) is 1. The molecule has 3 nitrogen and oxygen atoms in total. The Hall–Kier alpha value is -0.900. The lowest BCUT2D eigenvalue weighted by Gasteiger charge is -2.30. The first-order chi connectivity index (χ1) is 9.45. The van der Waals surface area contributed by atoms with Crippen molar-refractivity contribution in [2.24, 2.45) is 11.7 Å². The van der Waals surface area contributed by atoms with Gasteiger partial charge in [-0.05, 0) is 50.6 Å². The Morgan fingerprint density at radius 3 is 2.30 bits per heavy atom. The van der Waals surface area contributed by atoms with E-state index in [1.54, 1.807) is 0 Å². The van der Waals surface area contributed by atoms with Crippen molar-refractivity contribution in [1.29, 1.82) is 0 Å². The molecule has 3 unspecified atom stereocenters. The van der Waals surface area contributed by atoms with Gasteiger partial charge >= 0.3 is 0 Å². The van der Waals surface area contributed by atoms with Gasteiger partial charge in [0.15, 0.2) is 0 Å². The zero-order chi connectivity index (χ0) is 14.9. The lowest BCUT2D eigenvalue weighted by molar-refractivity contribution is 0.218. The van der Waals surface area contributed by atoms with Gasteiger partial charge in [0.05, 0.1) is 0 Å². The first kappa shape index (κ1) is 15.5. The third kappa shape index (κ3) is 2.90. The van der Waals surface area contributed by atoms with Crippen LogP contribution >= 0.6 is 0 Å². The minimum Gasteiger partial charge on any atom is -0.329 e. The number of rotatable bonds is 4. The first-order valence-electron chi connectivity index (χ1n) is 7.62. The minimum atomic E-state index is 0.351. The lowest BCUT2D eigenvalue weighted by atomic mass is 9.95. The predicted molar refractivity (Wildman–Crippen MR) is 85.9 cm³/mol. The van der Waals surface area contributed by atoms with E-state index < -0.39 is 0 Å². The van der Waals surface area contributed by atoms with Crippen LogP contribution in [0.5, 0.6) is 0 Å². The summed E-state index contributed by atoms with van der Waals surface area (Å²) in [6.45, 7) is 9.70. The van der Waals surface area contributed by atoms with Crippen molar-refractivity contribution in [3.05, 3.63) is 34.9 Å². The summed E-state index contributed by atoms with van der Waals surface area (Å²) in [6, 6.07) is 7.52. The molecule has 2 N–H and O–H groups in total. The molecule has 20 heavy (non-hydrogen) atoms. The summed E-state index contributed by atoms with van der Waals surface area (Å²) >= 11 is 0. The van der Waals surface area contributed by atoms with Crippen LogP contribution in [-0.2, 0) is 0 Å². The van der Waals surface area contributed by atoms with Crippen LogP contribution in [0.1, 0.15) is 29.7 Å². The molecule has 0 aromatic heterocycles. The standard InChI is InChI=1S/C17H29N3/c1-12-7-6-8-13(2)17(12)15(9-18)20-10-14(3)16(11-20)19(4)5/h6-8,14-16H,9-11,18H2,1-5H3. The molecular formula is C17H29N3. The molecule has 0 aliphatic carbocycles. The van der Waals surface area contributed by atoms with Gasteiger partial charge in [-0.2, -0.15) is 0 Å². The van der Waals surface area contributed by atoms with E-state index in [2.05, 4.69) is 62.9 Å². The third-order valence-corrected chi connectivity index (χ3v) is 4.80. The van der Waals surface area contributed by atoms with Crippen molar-refractivity contribution < 1.29 is 0 Å². The van der Waals surface area contributed by atoms with Crippen LogP contribution in [0.25, 0.3) is 0 Å². The van der Waals surface area contributed by atoms with E-state index in [-0.39, 0.29) is 0 Å². The topological polar surface area (TPSA) is 32.5 Å². The average molecular weight is 275 g/mol. The fourth-order valence-electron chi connectivity index (χ4n) is 3.72. The molecule has 112 valence electrons. The van der Waals surface area contributed by atoms with E-state index in [0.717, 1.165) is 13.1 Å². The van der Waals surface area contributed by atoms with Crippen LogP contribution < -0.4 is 5.73 Å². The second-order valence-electron chi connectivity index (χ2n) is 6.52. The zero-order valence-electron chi connectivity index (χ0n) is 13.6. The Morgan fingerprint density at radius 2 is 1.85 bits per heavy atom. The SMILES string of the molecule is Cc1cccc(C)c1C(CN)N1CC(C)C(N(C)C)C1. The number of nitrogens with two attached hydrogens (primary N) is 1. The molecule has 0 amide bonds. The molecule has 1 heterocycles. The Morgan fingerprint density at radius 1 is 1.25 bits per heavy atom. The molecule has 3 atom stereocenters. The summed E-state index contributed by atoms with van der Waals surface area (Å²) in [5.74, 6) is 0.698. The normalized spacial score (nSPS) is 25.4. The molecule has 0 radical (unpaired) electrons. The second kappa shape index (κ2) is 6.25. The monoisotopic (exact) mass is 275 g/mol. The van der Waals surface area contributed by atoms with Crippen LogP contribution in [0.3, 0.4) is 0 Å². The second-order valence-corrected chi connectivity index (χ2v) is 6.52.